The van der Waals surface area contributed by atoms with E-state index in [1.54, 1.807) is 31.2 Å². The first-order valence-corrected chi connectivity index (χ1v) is 7.07. The molecule has 2 aromatic rings. The van der Waals surface area contributed by atoms with Gasteiger partial charge in [-0.1, -0.05) is 17.7 Å². The summed E-state index contributed by atoms with van der Waals surface area (Å²) in [6.07, 6.45) is 0. The van der Waals surface area contributed by atoms with Gasteiger partial charge < -0.3 is 5.32 Å². The molecule has 2 rings (SSSR count). The zero-order valence-corrected chi connectivity index (χ0v) is 13.2. The zero-order chi connectivity index (χ0) is 15.6. The molecule has 108 valence electrons. The van der Waals surface area contributed by atoms with Crippen molar-refractivity contribution >= 4 is 44.8 Å². The minimum atomic E-state index is -0.577. The third-order valence-corrected chi connectivity index (χ3v) is 3.98. The Morgan fingerprint density at radius 2 is 2.00 bits per heavy atom. The number of nitro benzene ring substituents is 1. The number of rotatable bonds is 3. The molecule has 0 bridgehead atoms. The average Bonchev–Trinajstić information content (AvgIpc) is 2.42. The first-order chi connectivity index (χ1) is 9.88. The number of carbonyl (C=O) groups excluding carboxylic acids is 1. The lowest BCUT2D eigenvalue weighted by atomic mass is 10.1. The van der Waals surface area contributed by atoms with Crippen LogP contribution in [0, 0.1) is 17.0 Å². The molecule has 0 aromatic heterocycles. The van der Waals surface area contributed by atoms with Gasteiger partial charge in [-0.05, 0) is 52.7 Å². The van der Waals surface area contributed by atoms with E-state index in [1.807, 2.05) is 0 Å². The van der Waals surface area contributed by atoms with E-state index in [0.717, 1.165) is 5.56 Å². The minimum Gasteiger partial charge on any atom is -0.322 e. The van der Waals surface area contributed by atoms with Crippen LogP contribution in [0.3, 0.4) is 0 Å². The third kappa shape index (κ3) is 3.59. The average molecular weight is 370 g/mol. The standard InChI is InChI=1S/C14H10BrClN2O3/c1-8-2-5-13(18(20)21)10(6-8)14(19)17-9-3-4-12(16)11(15)7-9/h2-7H,1H3,(H,17,19). The number of hydrogen-bond acceptors (Lipinski definition) is 3. The van der Waals surface area contributed by atoms with Gasteiger partial charge in [0.05, 0.1) is 9.95 Å². The molecule has 1 N–H and O–H groups in total. The second-order valence-electron chi connectivity index (χ2n) is 4.36. The fraction of sp³-hybridized carbons (Fsp3) is 0.0714. The van der Waals surface area contributed by atoms with Gasteiger partial charge in [-0.3, -0.25) is 14.9 Å². The molecule has 0 radical (unpaired) electrons. The largest absolute Gasteiger partial charge is 0.322 e. The van der Waals surface area contributed by atoms with Crippen molar-refractivity contribution in [1.29, 1.82) is 0 Å². The summed E-state index contributed by atoms with van der Waals surface area (Å²) < 4.78 is 0.626. The number of hydrogen-bond donors (Lipinski definition) is 1. The van der Waals surface area contributed by atoms with Crippen molar-refractivity contribution in [1.82, 2.24) is 0 Å². The topological polar surface area (TPSA) is 72.2 Å². The molecule has 2 aromatic carbocycles. The van der Waals surface area contributed by atoms with E-state index in [4.69, 9.17) is 11.6 Å². The van der Waals surface area contributed by atoms with Gasteiger partial charge in [-0.25, -0.2) is 0 Å². The smallest absolute Gasteiger partial charge is 0.282 e. The summed E-state index contributed by atoms with van der Waals surface area (Å²) in [6, 6.07) is 9.26. The Hall–Kier alpha value is -1.92. The molecule has 0 aliphatic heterocycles. The molecule has 5 nitrogen and oxygen atoms in total. The Morgan fingerprint density at radius 3 is 2.62 bits per heavy atom. The summed E-state index contributed by atoms with van der Waals surface area (Å²) in [5.41, 5.74) is 1.05. The van der Waals surface area contributed by atoms with Crippen molar-refractivity contribution in [2.45, 2.75) is 6.92 Å². The fourth-order valence-electron chi connectivity index (χ4n) is 1.76. The highest BCUT2D eigenvalue weighted by Gasteiger charge is 2.20. The number of benzene rings is 2. The molecule has 0 aliphatic carbocycles. The Balaban J connectivity index is 2.34. The van der Waals surface area contributed by atoms with Gasteiger partial charge in [-0.15, -0.1) is 0 Å². The van der Waals surface area contributed by atoms with E-state index in [9.17, 15) is 14.9 Å². The molecule has 0 saturated carbocycles. The van der Waals surface area contributed by atoms with Crippen molar-refractivity contribution < 1.29 is 9.72 Å². The maximum absolute atomic E-state index is 12.2. The predicted octanol–water partition coefficient (Wildman–Crippen LogP) is 4.57. The van der Waals surface area contributed by atoms with Crippen LogP contribution >= 0.6 is 27.5 Å². The summed E-state index contributed by atoms with van der Waals surface area (Å²) in [5, 5.41) is 14.1. The number of aryl methyl sites for hydroxylation is 1. The lowest BCUT2D eigenvalue weighted by molar-refractivity contribution is -0.385. The molecule has 0 aliphatic rings. The van der Waals surface area contributed by atoms with E-state index in [-0.39, 0.29) is 11.3 Å². The lowest BCUT2D eigenvalue weighted by Crippen LogP contribution is -2.14. The van der Waals surface area contributed by atoms with E-state index < -0.39 is 10.8 Å². The SMILES string of the molecule is Cc1ccc([N+](=O)[O-])c(C(=O)Nc2ccc(Cl)c(Br)c2)c1. The van der Waals surface area contributed by atoms with E-state index >= 15 is 0 Å². The van der Waals surface area contributed by atoms with Crippen molar-refractivity contribution in [2.75, 3.05) is 5.32 Å². The number of amides is 1. The molecule has 21 heavy (non-hydrogen) atoms. The summed E-state index contributed by atoms with van der Waals surface area (Å²) in [7, 11) is 0. The fourth-order valence-corrected chi connectivity index (χ4v) is 2.26. The minimum absolute atomic E-state index is 0.0195. The molecule has 0 heterocycles. The molecule has 0 unspecified atom stereocenters. The highest BCUT2D eigenvalue weighted by molar-refractivity contribution is 9.10. The number of anilines is 1. The molecular weight excluding hydrogens is 360 g/mol. The molecule has 0 atom stereocenters. The second kappa shape index (κ2) is 6.24. The van der Waals surface area contributed by atoms with Crippen LogP contribution in [0.5, 0.6) is 0 Å². The van der Waals surface area contributed by atoms with Gasteiger partial charge >= 0.3 is 0 Å². The first-order valence-electron chi connectivity index (χ1n) is 5.90. The zero-order valence-electron chi connectivity index (χ0n) is 10.9. The Morgan fingerprint density at radius 1 is 1.29 bits per heavy atom. The predicted molar refractivity (Wildman–Crippen MR) is 84.9 cm³/mol. The summed E-state index contributed by atoms with van der Waals surface area (Å²) in [4.78, 5) is 22.6. The monoisotopic (exact) mass is 368 g/mol. The van der Waals surface area contributed by atoms with Crippen molar-refractivity contribution in [3.63, 3.8) is 0 Å². The molecule has 0 spiro atoms. The van der Waals surface area contributed by atoms with Crippen LogP contribution in [0.2, 0.25) is 5.02 Å². The van der Waals surface area contributed by atoms with E-state index in [0.29, 0.717) is 15.2 Å². The van der Waals surface area contributed by atoms with Crippen LogP contribution in [0.1, 0.15) is 15.9 Å². The molecule has 0 saturated heterocycles. The Labute approximate surface area is 134 Å². The molecule has 1 amide bonds. The first kappa shape index (κ1) is 15.5. The highest BCUT2D eigenvalue weighted by atomic mass is 79.9. The normalized spacial score (nSPS) is 10.2. The Bertz CT molecular complexity index is 734. The molecule has 7 heteroatoms. The number of nitrogens with one attached hydrogen (secondary N) is 1. The van der Waals surface area contributed by atoms with Crippen molar-refractivity contribution in [2.24, 2.45) is 0 Å². The quantitative estimate of drug-likeness (QED) is 0.636. The van der Waals surface area contributed by atoms with Crippen molar-refractivity contribution in [3.05, 3.63) is 67.1 Å². The van der Waals surface area contributed by atoms with Gasteiger partial charge in [0.1, 0.15) is 5.56 Å². The van der Waals surface area contributed by atoms with E-state index in [1.165, 1.54) is 12.1 Å². The third-order valence-electron chi connectivity index (χ3n) is 2.77. The van der Waals surface area contributed by atoms with Gasteiger partial charge in [0, 0.05) is 16.2 Å². The second-order valence-corrected chi connectivity index (χ2v) is 5.62. The maximum atomic E-state index is 12.2. The summed E-state index contributed by atoms with van der Waals surface area (Å²) in [5.74, 6) is -0.542. The van der Waals surface area contributed by atoms with Gasteiger partial charge in [-0.2, -0.15) is 0 Å². The van der Waals surface area contributed by atoms with Gasteiger partial charge in [0.25, 0.3) is 11.6 Å². The number of halogens is 2. The van der Waals surface area contributed by atoms with Gasteiger partial charge in [0.15, 0.2) is 0 Å². The molecular formula is C14H10BrClN2O3. The van der Waals surface area contributed by atoms with Gasteiger partial charge in [0.2, 0.25) is 0 Å². The van der Waals surface area contributed by atoms with Crippen LogP contribution in [0.4, 0.5) is 11.4 Å². The van der Waals surface area contributed by atoms with E-state index in [2.05, 4.69) is 21.2 Å². The maximum Gasteiger partial charge on any atom is 0.282 e. The molecule has 0 fully saturated rings. The van der Waals surface area contributed by atoms with Crippen LogP contribution < -0.4 is 5.32 Å². The Kier molecular flexibility index (Phi) is 4.59. The number of nitrogens with zero attached hydrogens (tertiary/aromatic N) is 1. The summed E-state index contributed by atoms with van der Waals surface area (Å²) >= 11 is 9.12. The number of carbonyl (C=O) groups is 1. The lowest BCUT2D eigenvalue weighted by Gasteiger charge is -2.07. The van der Waals surface area contributed by atoms with Crippen LogP contribution in [0.25, 0.3) is 0 Å². The van der Waals surface area contributed by atoms with Crippen LogP contribution in [0.15, 0.2) is 40.9 Å². The van der Waals surface area contributed by atoms with Crippen molar-refractivity contribution in [3.8, 4) is 0 Å². The number of nitro groups is 1. The highest BCUT2D eigenvalue weighted by Crippen LogP contribution is 2.27. The van der Waals surface area contributed by atoms with Crippen LogP contribution in [-0.4, -0.2) is 10.8 Å². The van der Waals surface area contributed by atoms with Crippen LogP contribution in [-0.2, 0) is 0 Å². The summed E-state index contributed by atoms with van der Waals surface area (Å²) in [6.45, 7) is 1.76.